The van der Waals surface area contributed by atoms with Gasteiger partial charge in [0, 0.05) is 56.4 Å². The van der Waals surface area contributed by atoms with Crippen molar-refractivity contribution in [1.82, 2.24) is 20.1 Å². The molecular formula is C23H29N5O2. The highest BCUT2D eigenvalue weighted by molar-refractivity contribution is 5.91. The van der Waals surface area contributed by atoms with Crippen molar-refractivity contribution < 1.29 is 9.21 Å². The number of fused-ring (bicyclic) bond motifs is 1. The number of piperazine rings is 1. The lowest BCUT2D eigenvalue weighted by molar-refractivity contribution is 0.0657. The van der Waals surface area contributed by atoms with Crippen molar-refractivity contribution in [3.8, 4) is 0 Å². The van der Waals surface area contributed by atoms with Crippen LogP contribution >= 0.6 is 0 Å². The second-order valence-corrected chi connectivity index (χ2v) is 7.61. The Morgan fingerprint density at radius 1 is 1.20 bits per heavy atom. The zero-order valence-corrected chi connectivity index (χ0v) is 17.6. The minimum absolute atomic E-state index is 0.0452. The van der Waals surface area contributed by atoms with Crippen molar-refractivity contribution in [2.75, 3.05) is 39.3 Å². The van der Waals surface area contributed by atoms with Crippen LogP contribution in [0.15, 0.2) is 52.2 Å². The van der Waals surface area contributed by atoms with Crippen LogP contribution < -0.4 is 5.32 Å². The Morgan fingerprint density at radius 3 is 2.73 bits per heavy atom. The van der Waals surface area contributed by atoms with Crippen LogP contribution in [0.25, 0.3) is 10.9 Å². The quantitative estimate of drug-likeness (QED) is 0.503. The Balaban J connectivity index is 1.36. The predicted molar refractivity (Wildman–Crippen MR) is 119 cm³/mol. The number of guanidine groups is 1. The number of hydrogen-bond acceptors (Lipinski definition) is 3. The summed E-state index contributed by atoms with van der Waals surface area (Å²) in [6, 6.07) is 9.97. The Hall–Kier alpha value is -3.22. The summed E-state index contributed by atoms with van der Waals surface area (Å²) in [6.07, 6.45) is 4.51. The largest absolute Gasteiger partial charge is 0.459 e. The average molecular weight is 408 g/mol. The van der Waals surface area contributed by atoms with Crippen LogP contribution in [0.5, 0.6) is 0 Å². The van der Waals surface area contributed by atoms with Crippen molar-refractivity contribution in [3.63, 3.8) is 0 Å². The van der Waals surface area contributed by atoms with E-state index in [2.05, 4.69) is 53.4 Å². The number of aromatic nitrogens is 1. The first kappa shape index (κ1) is 20.1. The summed E-state index contributed by atoms with van der Waals surface area (Å²) in [5.74, 6) is 1.27. The van der Waals surface area contributed by atoms with Gasteiger partial charge in [0.05, 0.1) is 6.26 Å². The van der Waals surface area contributed by atoms with E-state index in [0.717, 1.165) is 32.0 Å². The SMILES string of the molecule is CCNC(=NCCc1c[nH]c2cc(C)ccc12)N1CCN(C(=O)c2ccco2)CC1. The van der Waals surface area contributed by atoms with Crippen molar-refractivity contribution in [3.05, 3.63) is 59.7 Å². The third-order valence-electron chi connectivity index (χ3n) is 5.50. The number of rotatable bonds is 5. The van der Waals surface area contributed by atoms with E-state index in [1.807, 2.05) is 4.90 Å². The third-order valence-corrected chi connectivity index (χ3v) is 5.50. The number of furan rings is 1. The summed E-state index contributed by atoms with van der Waals surface area (Å²) in [7, 11) is 0. The summed E-state index contributed by atoms with van der Waals surface area (Å²) in [6.45, 7) is 8.54. The van der Waals surface area contributed by atoms with E-state index in [4.69, 9.17) is 9.41 Å². The van der Waals surface area contributed by atoms with Gasteiger partial charge in [-0.2, -0.15) is 0 Å². The van der Waals surface area contributed by atoms with E-state index in [0.29, 0.717) is 25.4 Å². The highest BCUT2D eigenvalue weighted by Crippen LogP contribution is 2.20. The molecule has 0 spiro atoms. The monoisotopic (exact) mass is 407 g/mol. The highest BCUT2D eigenvalue weighted by atomic mass is 16.3. The number of aliphatic imine (C=N–C) groups is 1. The molecule has 2 N–H and O–H groups in total. The third kappa shape index (κ3) is 4.35. The summed E-state index contributed by atoms with van der Waals surface area (Å²) in [5, 5.41) is 4.66. The highest BCUT2D eigenvalue weighted by Gasteiger charge is 2.25. The van der Waals surface area contributed by atoms with Crippen LogP contribution in [0.1, 0.15) is 28.6 Å². The molecule has 1 aliphatic rings. The molecule has 1 fully saturated rings. The van der Waals surface area contributed by atoms with Crippen LogP contribution in [0.2, 0.25) is 0 Å². The lowest BCUT2D eigenvalue weighted by atomic mass is 10.1. The maximum absolute atomic E-state index is 12.5. The number of carbonyl (C=O) groups is 1. The molecule has 0 radical (unpaired) electrons. The molecule has 0 aliphatic carbocycles. The van der Waals surface area contributed by atoms with E-state index >= 15 is 0 Å². The maximum Gasteiger partial charge on any atom is 0.289 e. The van der Waals surface area contributed by atoms with Gasteiger partial charge in [-0.3, -0.25) is 9.79 Å². The van der Waals surface area contributed by atoms with Gasteiger partial charge >= 0.3 is 0 Å². The molecule has 0 saturated carbocycles. The van der Waals surface area contributed by atoms with E-state index in [9.17, 15) is 4.79 Å². The Labute approximate surface area is 176 Å². The van der Waals surface area contributed by atoms with Crippen molar-refractivity contribution in [2.45, 2.75) is 20.3 Å². The van der Waals surface area contributed by atoms with Gasteiger partial charge in [0.25, 0.3) is 5.91 Å². The van der Waals surface area contributed by atoms with Crippen LogP contribution in [0.4, 0.5) is 0 Å². The molecule has 1 amide bonds. The minimum Gasteiger partial charge on any atom is -0.459 e. The van der Waals surface area contributed by atoms with Crippen molar-refractivity contribution >= 4 is 22.8 Å². The Kier molecular flexibility index (Phi) is 6.07. The van der Waals surface area contributed by atoms with Gasteiger partial charge in [-0.1, -0.05) is 12.1 Å². The number of hydrogen-bond donors (Lipinski definition) is 2. The number of aryl methyl sites for hydroxylation is 1. The molecule has 1 saturated heterocycles. The molecular weight excluding hydrogens is 378 g/mol. The number of nitrogens with one attached hydrogen (secondary N) is 2. The second-order valence-electron chi connectivity index (χ2n) is 7.61. The van der Waals surface area contributed by atoms with Crippen LogP contribution in [-0.4, -0.2) is 65.9 Å². The fraction of sp³-hybridized carbons (Fsp3) is 0.391. The molecule has 30 heavy (non-hydrogen) atoms. The van der Waals surface area contributed by atoms with Crippen LogP contribution in [0.3, 0.4) is 0 Å². The Bertz CT molecular complexity index is 1010. The summed E-state index contributed by atoms with van der Waals surface area (Å²) in [5.41, 5.74) is 3.73. The summed E-state index contributed by atoms with van der Waals surface area (Å²) in [4.78, 5) is 24.7. The number of nitrogens with zero attached hydrogens (tertiary/aromatic N) is 3. The van der Waals surface area contributed by atoms with E-state index in [1.165, 1.54) is 28.3 Å². The molecule has 1 aliphatic heterocycles. The van der Waals surface area contributed by atoms with Gasteiger partial charge in [-0.25, -0.2) is 0 Å². The van der Waals surface area contributed by atoms with Crippen LogP contribution in [0, 0.1) is 6.92 Å². The van der Waals surface area contributed by atoms with Gasteiger partial charge in [0.1, 0.15) is 0 Å². The van der Waals surface area contributed by atoms with Crippen LogP contribution in [-0.2, 0) is 6.42 Å². The first-order valence-electron chi connectivity index (χ1n) is 10.6. The standard InChI is InChI=1S/C23H29N5O2/c1-3-24-23(25-9-8-18-16-26-20-15-17(2)6-7-19(18)20)28-12-10-27(11-13-28)22(29)21-5-4-14-30-21/h4-7,14-16,26H,3,8-13H2,1-2H3,(H,24,25). The van der Waals surface area contributed by atoms with Gasteiger partial charge in [0.2, 0.25) is 0 Å². The molecule has 0 unspecified atom stereocenters. The molecule has 2 aromatic heterocycles. The number of amides is 1. The minimum atomic E-state index is -0.0452. The first-order chi connectivity index (χ1) is 14.7. The lowest BCUT2D eigenvalue weighted by Gasteiger charge is -2.36. The predicted octanol–water partition coefficient (Wildman–Crippen LogP) is 3.04. The summed E-state index contributed by atoms with van der Waals surface area (Å²) < 4.78 is 5.24. The van der Waals surface area contributed by atoms with Gasteiger partial charge in [0.15, 0.2) is 11.7 Å². The van der Waals surface area contributed by atoms with Gasteiger partial charge < -0.3 is 24.5 Å². The maximum atomic E-state index is 12.5. The zero-order chi connectivity index (χ0) is 20.9. The van der Waals surface area contributed by atoms with E-state index < -0.39 is 0 Å². The number of aromatic amines is 1. The van der Waals surface area contributed by atoms with Gasteiger partial charge in [-0.05, 0) is 49.6 Å². The zero-order valence-electron chi connectivity index (χ0n) is 17.6. The smallest absolute Gasteiger partial charge is 0.289 e. The normalized spacial score (nSPS) is 15.1. The molecule has 1 aromatic carbocycles. The van der Waals surface area contributed by atoms with Gasteiger partial charge in [-0.15, -0.1) is 0 Å². The van der Waals surface area contributed by atoms with E-state index in [1.54, 1.807) is 12.1 Å². The number of benzene rings is 1. The first-order valence-corrected chi connectivity index (χ1v) is 10.6. The fourth-order valence-electron chi connectivity index (χ4n) is 3.89. The molecule has 3 aromatic rings. The summed E-state index contributed by atoms with van der Waals surface area (Å²) >= 11 is 0. The fourth-order valence-corrected chi connectivity index (χ4v) is 3.89. The molecule has 0 bridgehead atoms. The second kappa shape index (κ2) is 9.07. The number of H-pyrrole nitrogens is 1. The van der Waals surface area contributed by atoms with E-state index in [-0.39, 0.29) is 5.91 Å². The van der Waals surface area contributed by atoms with Crippen molar-refractivity contribution in [1.29, 1.82) is 0 Å². The molecule has 3 heterocycles. The molecule has 7 nitrogen and oxygen atoms in total. The molecule has 4 rings (SSSR count). The Morgan fingerprint density at radius 2 is 2.00 bits per heavy atom. The molecule has 0 atom stereocenters. The van der Waals surface area contributed by atoms with Crippen molar-refractivity contribution in [2.24, 2.45) is 4.99 Å². The number of carbonyl (C=O) groups excluding carboxylic acids is 1. The molecule has 158 valence electrons. The average Bonchev–Trinajstić information content (AvgIpc) is 3.43. The molecule has 7 heteroatoms. The lowest BCUT2D eigenvalue weighted by Crippen LogP contribution is -2.53. The topological polar surface area (TPSA) is 76.9 Å².